The van der Waals surface area contributed by atoms with Gasteiger partial charge in [-0.3, -0.25) is 4.68 Å². The van der Waals surface area contributed by atoms with Crippen LogP contribution in [0.1, 0.15) is 30.8 Å². The van der Waals surface area contributed by atoms with E-state index in [4.69, 9.17) is 4.42 Å². The van der Waals surface area contributed by atoms with Gasteiger partial charge in [-0.15, -0.1) is 0 Å². The predicted octanol–water partition coefficient (Wildman–Crippen LogP) is 2.10. The van der Waals surface area contributed by atoms with Crippen molar-refractivity contribution in [3.05, 3.63) is 42.1 Å². The van der Waals surface area contributed by atoms with Gasteiger partial charge in [0.2, 0.25) is 0 Å². The second-order valence-corrected chi connectivity index (χ2v) is 3.78. The molecule has 86 valence electrons. The summed E-state index contributed by atoms with van der Waals surface area (Å²) in [5.41, 5.74) is 1.11. The lowest BCUT2D eigenvalue weighted by atomic mass is 10.1. The molecule has 2 heterocycles. The molecule has 2 rings (SSSR count). The molecule has 0 radical (unpaired) electrons. The average molecular weight is 219 g/mol. The normalized spacial score (nSPS) is 12.9. The van der Waals surface area contributed by atoms with E-state index in [-0.39, 0.29) is 6.04 Å². The SMILES string of the molecule is CCCNC(c1ccco1)c1ccnn1C. The molecular formula is C12H17N3O. The summed E-state index contributed by atoms with van der Waals surface area (Å²) in [4.78, 5) is 0. The number of aromatic nitrogens is 2. The molecule has 0 aliphatic rings. The highest BCUT2D eigenvalue weighted by molar-refractivity contribution is 5.19. The highest BCUT2D eigenvalue weighted by atomic mass is 16.3. The van der Waals surface area contributed by atoms with E-state index in [0.717, 1.165) is 24.4 Å². The van der Waals surface area contributed by atoms with Crippen LogP contribution in [0.25, 0.3) is 0 Å². The molecule has 0 saturated heterocycles. The van der Waals surface area contributed by atoms with Crippen LogP contribution in [0, 0.1) is 0 Å². The highest BCUT2D eigenvalue weighted by Gasteiger charge is 2.18. The van der Waals surface area contributed by atoms with Gasteiger partial charge in [-0.25, -0.2) is 0 Å². The Labute approximate surface area is 95.3 Å². The van der Waals surface area contributed by atoms with Crippen molar-refractivity contribution in [2.75, 3.05) is 6.54 Å². The van der Waals surface area contributed by atoms with Crippen molar-refractivity contribution in [2.45, 2.75) is 19.4 Å². The summed E-state index contributed by atoms with van der Waals surface area (Å²) in [5.74, 6) is 0.928. The second kappa shape index (κ2) is 4.99. The van der Waals surface area contributed by atoms with Crippen molar-refractivity contribution in [1.29, 1.82) is 0 Å². The number of hydrogen-bond acceptors (Lipinski definition) is 3. The maximum absolute atomic E-state index is 5.47. The zero-order valence-electron chi connectivity index (χ0n) is 9.68. The Kier molecular flexibility index (Phi) is 3.41. The highest BCUT2D eigenvalue weighted by Crippen LogP contribution is 2.21. The van der Waals surface area contributed by atoms with Crippen LogP contribution in [0.2, 0.25) is 0 Å². The third kappa shape index (κ3) is 2.17. The maximum atomic E-state index is 5.47. The van der Waals surface area contributed by atoms with Crippen LogP contribution in [0.5, 0.6) is 0 Å². The third-order valence-electron chi connectivity index (χ3n) is 2.58. The zero-order chi connectivity index (χ0) is 11.4. The molecule has 2 aromatic heterocycles. The van der Waals surface area contributed by atoms with E-state index in [9.17, 15) is 0 Å². The summed E-state index contributed by atoms with van der Waals surface area (Å²) in [6.45, 7) is 3.10. The molecular weight excluding hydrogens is 202 g/mol. The Morgan fingerprint density at radius 2 is 2.38 bits per heavy atom. The van der Waals surface area contributed by atoms with Gasteiger partial charge >= 0.3 is 0 Å². The molecule has 0 saturated carbocycles. The predicted molar refractivity (Wildman–Crippen MR) is 62.1 cm³/mol. The average Bonchev–Trinajstić information content (AvgIpc) is 2.91. The molecule has 0 bridgehead atoms. The van der Waals surface area contributed by atoms with Gasteiger partial charge in [0.15, 0.2) is 0 Å². The summed E-state index contributed by atoms with van der Waals surface area (Å²) in [6.07, 6.45) is 4.60. The van der Waals surface area contributed by atoms with Crippen molar-refractivity contribution in [2.24, 2.45) is 7.05 Å². The third-order valence-corrected chi connectivity index (χ3v) is 2.58. The van der Waals surface area contributed by atoms with E-state index in [1.807, 2.05) is 29.9 Å². The molecule has 1 atom stereocenters. The van der Waals surface area contributed by atoms with Crippen molar-refractivity contribution in [3.8, 4) is 0 Å². The number of aryl methyl sites for hydroxylation is 1. The molecule has 0 amide bonds. The van der Waals surface area contributed by atoms with Crippen LogP contribution in [-0.2, 0) is 7.05 Å². The molecule has 0 aromatic carbocycles. The van der Waals surface area contributed by atoms with Gasteiger partial charge < -0.3 is 9.73 Å². The van der Waals surface area contributed by atoms with Crippen LogP contribution in [-0.4, -0.2) is 16.3 Å². The van der Waals surface area contributed by atoms with Gasteiger partial charge in [-0.1, -0.05) is 6.92 Å². The van der Waals surface area contributed by atoms with Crippen molar-refractivity contribution in [1.82, 2.24) is 15.1 Å². The topological polar surface area (TPSA) is 43.0 Å². The number of nitrogens with zero attached hydrogens (tertiary/aromatic N) is 2. The summed E-state index contributed by atoms with van der Waals surface area (Å²) in [7, 11) is 1.94. The van der Waals surface area contributed by atoms with Crippen LogP contribution < -0.4 is 5.32 Å². The minimum atomic E-state index is 0.0856. The Bertz CT molecular complexity index is 419. The van der Waals surface area contributed by atoms with Crippen molar-refractivity contribution < 1.29 is 4.42 Å². The lowest BCUT2D eigenvalue weighted by molar-refractivity contribution is 0.432. The molecule has 4 nitrogen and oxygen atoms in total. The van der Waals surface area contributed by atoms with Crippen LogP contribution in [0.3, 0.4) is 0 Å². The van der Waals surface area contributed by atoms with Gasteiger partial charge in [0.25, 0.3) is 0 Å². The van der Waals surface area contributed by atoms with E-state index < -0.39 is 0 Å². The lowest BCUT2D eigenvalue weighted by Crippen LogP contribution is -2.24. The zero-order valence-corrected chi connectivity index (χ0v) is 9.68. The summed E-state index contributed by atoms with van der Waals surface area (Å²) < 4.78 is 7.34. The van der Waals surface area contributed by atoms with Crippen molar-refractivity contribution >= 4 is 0 Å². The lowest BCUT2D eigenvalue weighted by Gasteiger charge is -2.16. The summed E-state index contributed by atoms with van der Waals surface area (Å²) >= 11 is 0. The van der Waals surface area contributed by atoms with Gasteiger partial charge in [-0.2, -0.15) is 5.10 Å². The Balaban J connectivity index is 2.25. The second-order valence-electron chi connectivity index (χ2n) is 3.78. The van der Waals surface area contributed by atoms with Gasteiger partial charge in [0.05, 0.1) is 12.0 Å². The first kappa shape index (κ1) is 11.0. The fourth-order valence-electron chi connectivity index (χ4n) is 1.76. The molecule has 1 N–H and O–H groups in total. The van der Waals surface area contributed by atoms with Gasteiger partial charge in [0, 0.05) is 13.2 Å². The summed E-state index contributed by atoms with van der Waals surface area (Å²) in [5, 5.41) is 7.65. The van der Waals surface area contributed by atoms with Gasteiger partial charge in [-0.05, 0) is 31.2 Å². The molecule has 0 fully saturated rings. The quantitative estimate of drug-likeness (QED) is 0.837. The van der Waals surface area contributed by atoms with E-state index >= 15 is 0 Å². The first-order chi connectivity index (χ1) is 7.83. The van der Waals surface area contributed by atoms with Gasteiger partial charge in [0.1, 0.15) is 11.8 Å². The van der Waals surface area contributed by atoms with Crippen molar-refractivity contribution in [3.63, 3.8) is 0 Å². The van der Waals surface area contributed by atoms with E-state index in [1.165, 1.54) is 0 Å². The Morgan fingerprint density at radius 1 is 1.50 bits per heavy atom. The summed E-state index contributed by atoms with van der Waals surface area (Å²) in [6, 6.07) is 5.99. The van der Waals surface area contributed by atoms with Crippen LogP contribution >= 0.6 is 0 Å². The standard InChI is InChI=1S/C12H17N3O/c1-3-7-13-12(11-5-4-9-16-11)10-6-8-14-15(10)2/h4-6,8-9,12-13H,3,7H2,1-2H3. The Morgan fingerprint density at radius 3 is 2.94 bits per heavy atom. The largest absolute Gasteiger partial charge is 0.467 e. The van der Waals surface area contributed by atoms with E-state index in [2.05, 4.69) is 17.3 Å². The molecule has 16 heavy (non-hydrogen) atoms. The molecule has 1 unspecified atom stereocenters. The number of nitrogens with one attached hydrogen (secondary N) is 1. The first-order valence-electron chi connectivity index (χ1n) is 5.57. The minimum absolute atomic E-state index is 0.0856. The molecule has 2 aromatic rings. The van der Waals surface area contributed by atoms with E-state index in [1.54, 1.807) is 12.5 Å². The number of rotatable bonds is 5. The Hall–Kier alpha value is -1.55. The number of hydrogen-bond donors (Lipinski definition) is 1. The first-order valence-corrected chi connectivity index (χ1v) is 5.57. The monoisotopic (exact) mass is 219 g/mol. The maximum Gasteiger partial charge on any atom is 0.126 e. The molecule has 0 aliphatic carbocycles. The molecule has 0 aliphatic heterocycles. The molecule has 4 heteroatoms. The smallest absolute Gasteiger partial charge is 0.126 e. The van der Waals surface area contributed by atoms with Crippen LogP contribution in [0.4, 0.5) is 0 Å². The molecule has 0 spiro atoms. The van der Waals surface area contributed by atoms with Crippen LogP contribution in [0.15, 0.2) is 35.1 Å². The minimum Gasteiger partial charge on any atom is -0.467 e. The fourth-order valence-corrected chi connectivity index (χ4v) is 1.76. The number of furan rings is 1. The van der Waals surface area contributed by atoms with E-state index in [0.29, 0.717) is 0 Å². The fraction of sp³-hybridized carbons (Fsp3) is 0.417.